The molecule has 110 valence electrons. The maximum atomic E-state index is 12.0. The van der Waals surface area contributed by atoms with E-state index in [4.69, 9.17) is 0 Å². The van der Waals surface area contributed by atoms with Crippen LogP contribution in [-0.4, -0.2) is 14.6 Å². The summed E-state index contributed by atoms with van der Waals surface area (Å²) in [6.45, 7) is 1.90. The number of sulfonamides is 1. The van der Waals surface area contributed by atoms with Crippen LogP contribution < -0.4 is 4.83 Å². The van der Waals surface area contributed by atoms with Gasteiger partial charge in [0.05, 0.1) is 11.1 Å². The minimum atomic E-state index is -3.64. The molecule has 0 aromatic heterocycles. The predicted molar refractivity (Wildman–Crippen MR) is 90.9 cm³/mol. The summed E-state index contributed by atoms with van der Waals surface area (Å²) in [5, 5.41) is 3.79. The summed E-state index contributed by atoms with van der Waals surface area (Å²) in [5.74, 6) is 0. The van der Waals surface area contributed by atoms with Crippen molar-refractivity contribution in [2.75, 3.05) is 0 Å². The van der Waals surface area contributed by atoms with Crippen LogP contribution in [0, 0.1) is 6.92 Å². The standard InChI is InChI=1S/C14H12Br2N2O2S/c1-10-2-4-14(5-3-10)21(19,20)18-17-9-11-6-12(15)8-13(16)7-11/h2-9,18H,1H3/b17-9+. The fourth-order valence-corrected chi connectivity index (χ4v) is 3.71. The molecule has 0 saturated heterocycles. The molecule has 2 aromatic rings. The van der Waals surface area contributed by atoms with Crippen LogP contribution in [0.2, 0.25) is 0 Å². The third-order valence-corrected chi connectivity index (χ3v) is 4.76. The van der Waals surface area contributed by atoms with Gasteiger partial charge in [-0.25, -0.2) is 4.83 Å². The Morgan fingerprint density at radius 3 is 2.19 bits per heavy atom. The lowest BCUT2D eigenvalue weighted by Crippen LogP contribution is -2.18. The highest BCUT2D eigenvalue weighted by Gasteiger charge is 2.11. The molecule has 2 rings (SSSR count). The highest BCUT2D eigenvalue weighted by atomic mass is 79.9. The van der Waals surface area contributed by atoms with Crippen molar-refractivity contribution in [3.05, 3.63) is 62.5 Å². The van der Waals surface area contributed by atoms with Gasteiger partial charge < -0.3 is 0 Å². The van der Waals surface area contributed by atoms with Crippen molar-refractivity contribution in [1.82, 2.24) is 4.83 Å². The van der Waals surface area contributed by atoms with Crippen molar-refractivity contribution in [1.29, 1.82) is 0 Å². The first kappa shape index (κ1) is 16.2. The minimum Gasteiger partial charge on any atom is -0.200 e. The first-order valence-electron chi connectivity index (χ1n) is 5.94. The molecule has 0 bridgehead atoms. The predicted octanol–water partition coefficient (Wildman–Crippen LogP) is 3.83. The van der Waals surface area contributed by atoms with Crippen LogP contribution in [0.1, 0.15) is 11.1 Å². The van der Waals surface area contributed by atoms with E-state index in [9.17, 15) is 8.42 Å². The van der Waals surface area contributed by atoms with Gasteiger partial charge in [-0.1, -0.05) is 49.6 Å². The number of benzene rings is 2. The lowest BCUT2D eigenvalue weighted by Gasteiger charge is -2.03. The second-order valence-electron chi connectivity index (χ2n) is 4.37. The topological polar surface area (TPSA) is 58.5 Å². The van der Waals surface area contributed by atoms with E-state index in [1.807, 2.05) is 25.1 Å². The Morgan fingerprint density at radius 2 is 1.62 bits per heavy atom. The van der Waals surface area contributed by atoms with Gasteiger partial charge in [0.25, 0.3) is 10.0 Å². The van der Waals surface area contributed by atoms with Crippen molar-refractivity contribution in [3.8, 4) is 0 Å². The van der Waals surface area contributed by atoms with Crippen molar-refractivity contribution in [2.45, 2.75) is 11.8 Å². The van der Waals surface area contributed by atoms with Crippen LogP contribution in [-0.2, 0) is 10.0 Å². The van der Waals surface area contributed by atoms with E-state index in [0.29, 0.717) is 0 Å². The molecule has 1 N–H and O–H groups in total. The van der Waals surface area contributed by atoms with Crippen molar-refractivity contribution in [2.24, 2.45) is 5.10 Å². The minimum absolute atomic E-state index is 0.181. The highest BCUT2D eigenvalue weighted by molar-refractivity contribution is 9.11. The SMILES string of the molecule is Cc1ccc(S(=O)(=O)N/N=C/c2cc(Br)cc(Br)c2)cc1. The second-order valence-corrected chi connectivity index (χ2v) is 7.86. The summed E-state index contributed by atoms with van der Waals surface area (Å²) in [7, 11) is -3.64. The van der Waals surface area contributed by atoms with Gasteiger partial charge in [-0.15, -0.1) is 0 Å². The normalized spacial score (nSPS) is 11.8. The Balaban J connectivity index is 2.14. The molecule has 0 aliphatic heterocycles. The zero-order chi connectivity index (χ0) is 15.5. The van der Waals surface area contributed by atoms with Gasteiger partial charge in [-0.2, -0.15) is 13.5 Å². The Kier molecular flexibility index (Phi) is 5.18. The van der Waals surface area contributed by atoms with Crippen LogP contribution in [0.15, 0.2) is 61.4 Å². The van der Waals surface area contributed by atoms with Crippen molar-refractivity contribution in [3.63, 3.8) is 0 Å². The largest absolute Gasteiger partial charge is 0.276 e. The van der Waals surface area contributed by atoms with Crippen molar-refractivity contribution >= 4 is 48.1 Å². The van der Waals surface area contributed by atoms with Gasteiger partial charge in [0.1, 0.15) is 0 Å². The number of nitrogens with zero attached hydrogens (tertiary/aromatic N) is 1. The number of hydrazone groups is 1. The zero-order valence-corrected chi connectivity index (χ0v) is 15.0. The Bertz CT molecular complexity index is 752. The smallest absolute Gasteiger partial charge is 0.200 e. The number of hydrogen-bond acceptors (Lipinski definition) is 3. The monoisotopic (exact) mass is 430 g/mol. The number of rotatable bonds is 4. The van der Waals surface area contributed by atoms with Crippen LogP contribution in [0.3, 0.4) is 0 Å². The molecular formula is C14H12Br2N2O2S. The first-order valence-corrected chi connectivity index (χ1v) is 9.01. The Labute approximate surface area is 140 Å². The van der Waals surface area contributed by atoms with Crippen molar-refractivity contribution < 1.29 is 8.42 Å². The second kappa shape index (κ2) is 6.72. The maximum absolute atomic E-state index is 12.0. The molecule has 0 unspecified atom stereocenters. The lowest BCUT2D eigenvalue weighted by atomic mass is 10.2. The number of hydrogen-bond donors (Lipinski definition) is 1. The number of nitrogens with one attached hydrogen (secondary N) is 1. The van der Waals surface area contributed by atoms with Gasteiger partial charge >= 0.3 is 0 Å². The molecule has 0 saturated carbocycles. The molecule has 21 heavy (non-hydrogen) atoms. The lowest BCUT2D eigenvalue weighted by molar-refractivity contribution is 0.584. The summed E-state index contributed by atoms with van der Waals surface area (Å²) < 4.78 is 25.8. The fraction of sp³-hybridized carbons (Fsp3) is 0.0714. The maximum Gasteiger partial charge on any atom is 0.276 e. The molecule has 4 nitrogen and oxygen atoms in total. The first-order chi connectivity index (χ1) is 9.87. The summed E-state index contributed by atoms with van der Waals surface area (Å²) >= 11 is 6.72. The molecule has 0 radical (unpaired) electrons. The summed E-state index contributed by atoms with van der Waals surface area (Å²) in [5.41, 5.74) is 1.76. The summed E-state index contributed by atoms with van der Waals surface area (Å²) in [4.78, 5) is 2.37. The molecular weight excluding hydrogens is 420 g/mol. The molecule has 0 aliphatic carbocycles. The van der Waals surface area contributed by atoms with Gasteiger partial charge in [-0.05, 0) is 42.8 Å². The average molecular weight is 432 g/mol. The van der Waals surface area contributed by atoms with Crippen LogP contribution in [0.4, 0.5) is 0 Å². The molecule has 0 heterocycles. The number of halogens is 2. The third-order valence-electron chi connectivity index (χ3n) is 2.60. The van der Waals surface area contributed by atoms with Crippen LogP contribution in [0.25, 0.3) is 0 Å². The summed E-state index contributed by atoms with van der Waals surface area (Å²) in [6, 6.07) is 12.1. The highest BCUT2D eigenvalue weighted by Crippen LogP contribution is 2.19. The molecule has 2 aromatic carbocycles. The Hall–Kier alpha value is -1.18. The molecule has 0 spiro atoms. The fourth-order valence-electron chi connectivity index (χ4n) is 1.59. The summed E-state index contributed by atoms with van der Waals surface area (Å²) in [6.07, 6.45) is 1.45. The molecule has 0 amide bonds. The third kappa shape index (κ3) is 4.66. The van der Waals surface area contributed by atoms with E-state index in [-0.39, 0.29) is 4.90 Å². The van der Waals surface area contributed by atoms with E-state index < -0.39 is 10.0 Å². The van der Waals surface area contributed by atoms with Crippen LogP contribution in [0.5, 0.6) is 0 Å². The van der Waals surface area contributed by atoms with E-state index in [0.717, 1.165) is 20.1 Å². The van der Waals surface area contributed by atoms with Gasteiger partial charge in [0.2, 0.25) is 0 Å². The van der Waals surface area contributed by atoms with E-state index in [1.54, 1.807) is 24.3 Å². The van der Waals surface area contributed by atoms with E-state index in [1.165, 1.54) is 6.21 Å². The Morgan fingerprint density at radius 1 is 1.05 bits per heavy atom. The molecule has 0 aliphatic rings. The van der Waals surface area contributed by atoms with Gasteiger partial charge in [0, 0.05) is 8.95 Å². The van der Waals surface area contributed by atoms with Crippen LogP contribution >= 0.6 is 31.9 Å². The van der Waals surface area contributed by atoms with E-state index in [2.05, 4.69) is 41.8 Å². The van der Waals surface area contributed by atoms with Gasteiger partial charge in [0.15, 0.2) is 0 Å². The molecule has 0 fully saturated rings. The van der Waals surface area contributed by atoms with Gasteiger partial charge in [-0.3, -0.25) is 0 Å². The average Bonchev–Trinajstić information content (AvgIpc) is 2.37. The molecule has 7 heteroatoms. The number of aryl methyl sites for hydroxylation is 1. The quantitative estimate of drug-likeness (QED) is 0.590. The van der Waals surface area contributed by atoms with E-state index >= 15 is 0 Å². The zero-order valence-electron chi connectivity index (χ0n) is 11.0. The molecule has 0 atom stereocenters.